The Bertz CT molecular complexity index is 990. The molecule has 0 saturated heterocycles. The molecule has 2 aromatic carbocycles. The predicted molar refractivity (Wildman–Crippen MR) is 100 cm³/mol. The number of hydrogen-bond acceptors (Lipinski definition) is 6. The van der Waals surface area contributed by atoms with Crippen molar-refractivity contribution in [1.29, 1.82) is 0 Å². The number of ether oxygens (including phenoxy) is 2. The third-order valence-corrected chi connectivity index (χ3v) is 4.08. The highest BCUT2D eigenvalue weighted by molar-refractivity contribution is 5.92. The van der Waals surface area contributed by atoms with Gasteiger partial charge in [-0.25, -0.2) is 9.97 Å². The SMILES string of the molecule is Cc1cccc(CNC(=O)c2cc(Nc3ccc4c(c3)OCO4)ncn2)c1. The van der Waals surface area contributed by atoms with Gasteiger partial charge in [0.25, 0.3) is 5.91 Å². The number of carbonyl (C=O) groups is 1. The maximum Gasteiger partial charge on any atom is 0.270 e. The van der Waals surface area contributed by atoms with Crippen LogP contribution in [0.15, 0.2) is 54.9 Å². The van der Waals surface area contributed by atoms with Crippen LogP contribution in [0.25, 0.3) is 0 Å². The van der Waals surface area contributed by atoms with Crippen molar-refractivity contribution in [2.24, 2.45) is 0 Å². The van der Waals surface area contributed by atoms with Gasteiger partial charge in [0.05, 0.1) is 0 Å². The van der Waals surface area contributed by atoms with Crippen LogP contribution in [0.2, 0.25) is 0 Å². The average molecular weight is 362 g/mol. The van der Waals surface area contributed by atoms with Crippen LogP contribution in [0.3, 0.4) is 0 Å². The molecule has 1 aromatic heterocycles. The summed E-state index contributed by atoms with van der Waals surface area (Å²) in [6.45, 7) is 2.68. The van der Waals surface area contributed by atoms with Gasteiger partial charge < -0.3 is 20.1 Å². The molecule has 3 aromatic rings. The molecule has 1 aliphatic heterocycles. The first-order valence-corrected chi connectivity index (χ1v) is 8.50. The van der Waals surface area contributed by atoms with Crippen LogP contribution in [0.4, 0.5) is 11.5 Å². The van der Waals surface area contributed by atoms with Crippen LogP contribution in [-0.2, 0) is 6.54 Å². The van der Waals surface area contributed by atoms with Gasteiger partial charge in [-0.3, -0.25) is 4.79 Å². The maximum atomic E-state index is 12.4. The summed E-state index contributed by atoms with van der Waals surface area (Å²) in [7, 11) is 0. The van der Waals surface area contributed by atoms with Crippen molar-refractivity contribution in [3.8, 4) is 11.5 Å². The molecule has 2 N–H and O–H groups in total. The Morgan fingerprint density at radius 3 is 2.85 bits per heavy atom. The van der Waals surface area contributed by atoms with Gasteiger partial charge in [0.2, 0.25) is 6.79 Å². The second-order valence-electron chi connectivity index (χ2n) is 6.15. The van der Waals surface area contributed by atoms with Gasteiger partial charge in [-0.05, 0) is 24.6 Å². The van der Waals surface area contributed by atoms with Crippen LogP contribution in [0.1, 0.15) is 21.6 Å². The van der Waals surface area contributed by atoms with Crippen LogP contribution >= 0.6 is 0 Å². The maximum absolute atomic E-state index is 12.4. The molecule has 1 aliphatic rings. The Morgan fingerprint density at radius 2 is 1.96 bits per heavy atom. The highest BCUT2D eigenvalue weighted by Gasteiger charge is 2.14. The highest BCUT2D eigenvalue weighted by Crippen LogP contribution is 2.34. The van der Waals surface area contributed by atoms with Crippen LogP contribution in [-0.4, -0.2) is 22.7 Å². The molecule has 4 rings (SSSR count). The van der Waals surface area contributed by atoms with Crippen molar-refractivity contribution in [2.45, 2.75) is 13.5 Å². The lowest BCUT2D eigenvalue weighted by Crippen LogP contribution is -2.24. The van der Waals surface area contributed by atoms with E-state index in [-0.39, 0.29) is 12.7 Å². The molecule has 27 heavy (non-hydrogen) atoms. The molecule has 2 heterocycles. The van der Waals surface area contributed by atoms with Gasteiger partial charge in [-0.1, -0.05) is 29.8 Å². The van der Waals surface area contributed by atoms with Crippen molar-refractivity contribution in [2.75, 3.05) is 12.1 Å². The summed E-state index contributed by atoms with van der Waals surface area (Å²) in [5, 5.41) is 6.02. The highest BCUT2D eigenvalue weighted by atomic mass is 16.7. The number of hydrogen-bond donors (Lipinski definition) is 2. The lowest BCUT2D eigenvalue weighted by atomic mass is 10.1. The third kappa shape index (κ3) is 3.98. The van der Waals surface area contributed by atoms with Gasteiger partial charge in [-0.15, -0.1) is 0 Å². The quantitative estimate of drug-likeness (QED) is 0.725. The number of amides is 1. The Labute approximate surface area is 156 Å². The van der Waals surface area contributed by atoms with E-state index in [1.54, 1.807) is 6.07 Å². The number of nitrogens with zero attached hydrogens (tertiary/aromatic N) is 2. The Balaban J connectivity index is 1.43. The van der Waals surface area contributed by atoms with E-state index < -0.39 is 0 Å². The summed E-state index contributed by atoms with van der Waals surface area (Å²) in [5.41, 5.74) is 3.26. The molecule has 0 radical (unpaired) electrons. The van der Waals surface area contributed by atoms with E-state index in [2.05, 4.69) is 20.6 Å². The van der Waals surface area contributed by atoms with E-state index in [9.17, 15) is 4.79 Å². The molecular weight excluding hydrogens is 344 g/mol. The van der Waals surface area contributed by atoms with Crippen molar-refractivity contribution >= 4 is 17.4 Å². The number of fused-ring (bicyclic) bond motifs is 1. The van der Waals surface area contributed by atoms with Crippen LogP contribution in [0.5, 0.6) is 11.5 Å². The summed E-state index contributed by atoms with van der Waals surface area (Å²) in [6.07, 6.45) is 1.36. The first kappa shape index (κ1) is 16.8. The van der Waals surface area contributed by atoms with Gasteiger partial charge in [-0.2, -0.15) is 0 Å². The molecule has 7 nitrogen and oxygen atoms in total. The zero-order chi connectivity index (χ0) is 18.6. The minimum absolute atomic E-state index is 0.220. The summed E-state index contributed by atoms with van der Waals surface area (Å²) in [6, 6.07) is 15.1. The van der Waals surface area contributed by atoms with E-state index in [4.69, 9.17) is 9.47 Å². The largest absolute Gasteiger partial charge is 0.454 e. The monoisotopic (exact) mass is 362 g/mol. The number of aromatic nitrogens is 2. The molecule has 0 fully saturated rings. The van der Waals surface area contributed by atoms with Crippen molar-refractivity contribution in [1.82, 2.24) is 15.3 Å². The van der Waals surface area contributed by atoms with Gasteiger partial charge in [0, 0.05) is 24.4 Å². The van der Waals surface area contributed by atoms with E-state index in [1.807, 2.05) is 49.4 Å². The van der Waals surface area contributed by atoms with Crippen LogP contribution in [0, 0.1) is 6.92 Å². The Morgan fingerprint density at radius 1 is 1.07 bits per heavy atom. The molecule has 0 aliphatic carbocycles. The van der Waals surface area contributed by atoms with Gasteiger partial charge in [0.1, 0.15) is 17.8 Å². The van der Waals surface area contributed by atoms with E-state index in [1.165, 1.54) is 6.33 Å². The molecule has 0 unspecified atom stereocenters. The van der Waals surface area contributed by atoms with Gasteiger partial charge >= 0.3 is 0 Å². The second-order valence-corrected chi connectivity index (χ2v) is 6.15. The van der Waals surface area contributed by atoms with E-state index in [0.717, 1.165) is 16.8 Å². The Kier molecular flexibility index (Phi) is 4.57. The molecule has 0 atom stereocenters. The molecule has 1 amide bonds. The van der Waals surface area contributed by atoms with Crippen molar-refractivity contribution in [3.63, 3.8) is 0 Å². The first-order chi connectivity index (χ1) is 13.2. The number of nitrogens with one attached hydrogen (secondary N) is 2. The summed E-state index contributed by atoms with van der Waals surface area (Å²) >= 11 is 0. The normalized spacial score (nSPS) is 11.9. The summed E-state index contributed by atoms with van der Waals surface area (Å²) in [5.74, 6) is 1.64. The zero-order valence-electron chi connectivity index (χ0n) is 14.7. The van der Waals surface area contributed by atoms with Gasteiger partial charge in [0.15, 0.2) is 11.5 Å². The molecule has 0 bridgehead atoms. The predicted octanol–water partition coefficient (Wildman–Crippen LogP) is 3.19. The standard InChI is InChI=1S/C20H18N4O3/c1-13-3-2-4-14(7-13)10-21-20(25)16-9-19(23-11-22-16)24-15-5-6-17-18(8-15)27-12-26-17/h2-9,11H,10,12H2,1H3,(H,21,25)(H,22,23,24). The fourth-order valence-electron chi connectivity index (χ4n) is 2.77. The smallest absolute Gasteiger partial charge is 0.270 e. The average Bonchev–Trinajstić information content (AvgIpc) is 3.14. The van der Waals surface area contributed by atoms with Crippen LogP contribution < -0.4 is 20.1 Å². The van der Waals surface area contributed by atoms with Crippen molar-refractivity contribution < 1.29 is 14.3 Å². The molecule has 0 spiro atoms. The number of anilines is 2. The Hall–Kier alpha value is -3.61. The van der Waals surface area contributed by atoms with Crippen molar-refractivity contribution in [3.05, 3.63) is 71.7 Å². The minimum atomic E-state index is -0.257. The molecule has 0 saturated carbocycles. The fraction of sp³-hybridized carbons (Fsp3) is 0.150. The molecular formula is C20H18N4O3. The van der Waals surface area contributed by atoms with E-state index in [0.29, 0.717) is 29.6 Å². The number of carbonyl (C=O) groups excluding carboxylic acids is 1. The third-order valence-electron chi connectivity index (χ3n) is 4.08. The fourth-order valence-corrected chi connectivity index (χ4v) is 2.77. The lowest BCUT2D eigenvalue weighted by Gasteiger charge is -2.09. The first-order valence-electron chi connectivity index (χ1n) is 8.50. The summed E-state index contributed by atoms with van der Waals surface area (Å²) < 4.78 is 10.7. The number of rotatable bonds is 5. The minimum Gasteiger partial charge on any atom is -0.454 e. The molecule has 136 valence electrons. The topological polar surface area (TPSA) is 85.4 Å². The number of aryl methyl sites for hydroxylation is 1. The molecule has 7 heteroatoms. The second kappa shape index (κ2) is 7.33. The van der Waals surface area contributed by atoms with E-state index >= 15 is 0 Å². The summed E-state index contributed by atoms with van der Waals surface area (Å²) in [4.78, 5) is 20.6. The number of benzene rings is 2. The zero-order valence-corrected chi connectivity index (χ0v) is 14.7. The lowest BCUT2D eigenvalue weighted by molar-refractivity contribution is 0.0945.